The molecule has 1 atom stereocenters. The number of aryl methyl sites for hydroxylation is 1. The van der Waals surface area contributed by atoms with Gasteiger partial charge in [0.05, 0.1) is 18.8 Å². The van der Waals surface area contributed by atoms with Gasteiger partial charge in [-0.05, 0) is 36.1 Å². The second-order valence-corrected chi connectivity index (χ2v) is 4.36. The molecule has 1 aliphatic heterocycles. The van der Waals surface area contributed by atoms with Gasteiger partial charge in [0.25, 0.3) is 0 Å². The number of ether oxygens (including phenoxy) is 1. The second-order valence-electron chi connectivity index (χ2n) is 4.36. The lowest BCUT2D eigenvalue weighted by Crippen LogP contribution is -2.50. The van der Waals surface area contributed by atoms with Crippen molar-refractivity contribution in [2.45, 2.75) is 18.4 Å². The molecule has 2 nitrogen and oxygen atoms in total. The second kappa shape index (κ2) is 3.29. The highest BCUT2D eigenvalue weighted by molar-refractivity contribution is 5.39. The Morgan fingerprint density at radius 2 is 2.33 bits per heavy atom. The maximum absolute atomic E-state index is 13.1. The van der Waals surface area contributed by atoms with E-state index in [9.17, 15) is 4.39 Å². The van der Waals surface area contributed by atoms with Crippen molar-refractivity contribution in [3.63, 3.8) is 0 Å². The molecule has 15 heavy (non-hydrogen) atoms. The minimum Gasteiger partial charge on any atom is -0.378 e. The fourth-order valence-corrected chi connectivity index (χ4v) is 2.71. The van der Waals surface area contributed by atoms with Gasteiger partial charge in [0.15, 0.2) is 0 Å². The fraction of sp³-hybridized carbons (Fsp3) is 0.500. The maximum atomic E-state index is 13.1. The number of morpholine rings is 1. The van der Waals surface area contributed by atoms with Gasteiger partial charge < -0.3 is 10.1 Å². The van der Waals surface area contributed by atoms with Crippen LogP contribution < -0.4 is 5.32 Å². The van der Waals surface area contributed by atoms with Crippen molar-refractivity contribution < 1.29 is 9.13 Å². The molecule has 1 aromatic carbocycles. The lowest BCUT2D eigenvalue weighted by Gasteiger charge is -2.35. The average Bonchev–Trinajstić information content (AvgIpc) is 2.58. The quantitative estimate of drug-likeness (QED) is 0.697. The summed E-state index contributed by atoms with van der Waals surface area (Å²) in [6, 6.07) is 5.10. The number of nitrogens with one attached hydrogen (secondary N) is 1. The van der Waals surface area contributed by atoms with Crippen molar-refractivity contribution >= 4 is 0 Å². The Bertz CT molecular complexity index is 385. The molecule has 1 heterocycles. The summed E-state index contributed by atoms with van der Waals surface area (Å²) in [5.74, 6) is -0.137. The Morgan fingerprint density at radius 3 is 3.13 bits per heavy atom. The van der Waals surface area contributed by atoms with E-state index in [-0.39, 0.29) is 11.4 Å². The monoisotopic (exact) mass is 207 g/mol. The lowest BCUT2D eigenvalue weighted by molar-refractivity contribution is 0.0260. The molecule has 0 aromatic heterocycles. The van der Waals surface area contributed by atoms with Crippen LogP contribution in [0, 0.1) is 5.82 Å². The summed E-state index contributed by atoms with van der Waals surface area (Å²) in [6.45, 7) is 2.38. The largest absolute Gasteiger partial charge is 0.378 e. The topological polar surface area (TPSA) is 21.3 Å². The summed E-state index contributed by atoms with van der Waals surface area (Å²) in [5, 5.41) is 3.52. The summed E-state index contributed by atoms with van der Waals surface area (Å²) in [4.78, 5) is 0. The number of hydrogen-bond donors (Lipinski definition) is 1. The highest BCUT2D eigenvalue weighted by Gasteiger charge is 2.40. The van der Waals surface area contributed by atoms with Crippen molar-refractivity contribution in [2.75, 3.05) is 19.8 Å². The van der Waals surface area contributed by atoms with Crippen molar-refractivity contribution in [3.05, 3.63) is 35.1 Å². The van der Waals surface area contributed by atoms with Crippen LogP contribution in [0.15, 0.2) is 18.2 Å². The van der Waals surface area contributed by atoms with Gasteiger partial charge in [-0.2, -0.15) is 0 Å². The predicted molar refractivity (Wildman–Crippen MR) is 55.2 cm³/mol. The molecule has 1 spiro atoms. The van der Waals surface area contributed by atoms with Crippen LogP contribution in [0.5, 0.6) is 0 Å². The summed E-state index contributed by atoms with van der Waals surface area (Å²) in [6.07, 6.45) is 1.97. The van der Waals surface area contributed by atoms with Gasteiger partial charge in [0.1, 0.15) is 5.82 Å². The van der Waals surface area contributed by atoms with Gasteiger partial charge in [0.2, 0.25) is 0 Å². The summed E-state index contributed by atoms with van der Waals surface area (Å²) in [7, 11) is 0. The smallest absolute Gasteiger partial charge is 0.123 e. The number of rotatable bonds is 0. The van der Waals surface area contributed by atoms with Crippen LogP contribution in [0.4, 0.5) is 4.39 Å². The average molecular weight is 207 g/mol. The molecule has 0 radical (unpaired) electrons. The first kappa shape index (κ1) is 9.31. The third-order valence-electron chi connectivity index (χ3n) is 3.46. The Labute approximate surface area is 88.4 Å². The van der Waals surface area contributed by atoms with Crippen molar-refractivity contribution in [2.24, 2.45) is 0 Å². The highest BCUT2D eigenvalue weighted by atomic mass is 19.1. The van der Waals surface area contributed by atoms with E-state index in [1.807, 2.05) is 6.07 Å². The summed E-state index contributed by atoms with van der Waals surface area (Å²) < 4.78 is 18.6. The molecule has 0 bridgehead atoms. The molecule has 80 valence electrons. The first-order valence-corrected chi connectivity index (χ1v) is 5.42. The maximum Gasteiger partial charge on any atom is 0.123 e. The Hall–Kier alpha value is -0.930. The van der Waals surface area contributed by atoms with Crippen LogP contribution in [-0.2, 0) is 16.7 Å². The summed E-state index contributed by atoms with van der Waals surface area (Å²) in [5.41, 5.74) is 2.32. The molecule has 3 heteroatoms. The number of fused-ring (bicyclic) bond motifs is 2. The minimum absolute atomic E-state index is 0.0404. The first-order chi connectivity index (χ1) is 7.30. The van der Waals surface area contributed by atoms with E-state index < -0.39 is 0 Å². The zero-order valence-corrected chi connectivity index (χ0v) is 8.55. The lowest BCUT2D eigenvalue weighted by atomic mass is 9.92. The SMILES string of the molecule is Fc1ccc2c(c1)CC[C@@]21COCCN1. The van der Waals surface area contributed by atoms with E-state index >= 15 is 0 Å². The number of benzene rings is 1. The molecule has 1 aliphatic carbocycles. The molecular formula is C12H14FNO. The zero-order valence-electron chi connectivity index (χ0n) is 8.55. The Kier molecular flexibility index (Phi) is 2.04. The van der Waals surface area contributed by atoms with E-state index in [1.54, 1.807) is 12.1 Å². The molecule has 1 saturated heterocycles. The fourth-order valence-electron chi connectivity index (χ4n) is 2.71. The molecule has 0 unspecified atom stereocenters. The molecule has 1 fully saturated rings. The predicted octanol–water partition coefficient (Wildman–Crippen LogP) is 1.59. The van der Waals surface area contributed by atoms with Gasteiger partial charge in [-0.1, -0.05) is 6.07 Å². The normalized spacial score (nSPS) is 29.4. The van der Waals surface area contributed by atoms with Crippen LogP contribution in [0.1, 0.15) is 17.5 Å². The van der Waals surface area contributed by atoms with Crippen LogP contribution in [-0.4, -0.2) is 19.8 Å². The third-order valence-corrected chi connectivity index (χ3v) is 3.46. The number of hydrogen-bond acceptors (Lipinski definition) is 2. The van der Waals surface area contributed by atoms with Crippen LogP contribution >= 0.6 is 0 Å². The van der Waals surface area contributed by atoms with Crippen molar-refractivity contribution in [1.82, 2.24) is 5.32 Å². The van der Waals surface area contributed by atoms with Crippen LogP contribution in [0.2, 0.25) is 0 Å². The van der Waals surface area contributed by atoms with E-state index in [4.69, 9.17) is 4.74 Å². The molecular weight excluding hydrogens is 193 g/mol. The van der Waals surface area contributed by atoms with Gasteiger partial charge in [-0.25, -0.2) is 4.39 Å². The Morgan fingerprint density at radius 1 is 1.40 bits per heavy atom. The first-order valence-electron chi connectivity index (χ1n) is 5.42. The molecule has 1 N–H and O–H groups in total. The number of halogens is 1. The molecule has 2 aliphatic rings. The van der Waals surface area contributed by atoms with Crippen molar-refractivity contribution in [1.29, 1.82) is 0 Å². The Balaban J connectivity index is 2.03. The third kappa shape index (κ3) is 1.38. The minimum atomic E-state index is -0.137. The van der Waals surface area contributed by atoms with E-state index in [0.29, 0.717) is 6.61 Å². The van der Waals surface area contributed by atoms with Gasteiger partial charge in [-0.15, -0.1) is 0 Å². The van der Waals surface area contributed by atoms with Crippen molar-refractivity contribution in [3.8, 4) is 0 Å². The molecule has 3 rings (SSSR count). The van der Waals surface area contributed by atoms with E-state index in [0.717, 1.165) is 31.6 Å². The molecule has 0 saturated carbocycles. The molecule has 0 amide bonds. The highest BCUT2D eigenvalue weighted by Crippen LogP contribution is 2.38. The molecule has 1 aromatic rings. The van der Waals surface area contributed by atoms with Crippen LogP contribution in [0.25, 0.3) is 0 Å². The van der Waals surface area contributed by atoms with Gasteiger partial charge in [-0.3, -0.25) is 0 Å². The van der Waals surface area contributed by atoms with Gasteiger partial charge >= 0.3 is 0 Å². The van der Waals surface area contributed by atoms with E-state index in [1.165, 1.54) is 5.56 Å². The van der Waals surface area contributed by atoms with Crippen LogP contribution in [0.3, 0.4) is 0 Å². The standard InChI is InChI=1S/C12H14FNO/c13-10-1-2-11-9(7-10)3-4-12(11)8-15-6-5-14-12/h1-2,7,14H,3-6,8H2/t12-/m1/s1. The zero-order chi connectivity index (χ0) is 10.3. The van der Waals surface area contributed by atoms with Gasteiger partial charge in [0, 0.05) is 6.54 Å². The summed E-state index contributed by atoms with van der Waals surface area (Å²) >= 11 is 0. The van der Waals surface area contributed by atoms with E-state index in [2.05, 4.69) is 5.32 Å².